The van der Waals surface area contributed by atoms with Crippen molar-refractivity contribution in [1.29, 1.82) is 0 Å². The lowest BCUT2D eigenvalue weighted by atomic mass is 10.1. The number of imide groups is 1. The number of carbonyl (C=O) groups excluding carboxylic acids is 3. The van der Waals surface area contributed by atoms with Crippen LogP contribution in [0.3, 0.4) is 0 Å². The lowest BCUT2D eigenvalue weighted by Crippen LogP contribution is -2.37. The van der Waals surface area contributed by atoms with Gasteiger partial charge in [-0.15, -0.1) is 0 Å². The summed E-state index contributed by atoms with van der Waals surface area (Å²) in [4.78, 5) is 34.7. The van der Waals surface area contributed by atoms with Crippen molar-refractivity contribution in [3.05, 3.63) is 0 Å². The second kappa shape index (κ2) is 2.65. The Morgan fingerprint density at radius 3 is 2.21 bits per heavy atom. The zero-order chi connectivity index (χ0) is 10.5. The van der Waals surface area contributed by atoms with Crippen LogP contribution in [-0.2, 0) is 14.4 Å². The molecule has 2 atom stereocenters. The molecule has 14 heavy (non-hydrogen) atoms. The largest absolute Gasteiger partial charge is 0.303 e. The van der Waals surface area contributed by atoms with E-state index >= 15 is 0 Å². The van der Waals surface area contributed by atoms with E-state index in [1.807, 2.05) is 13.8 Å². The lowest BCUT2D eigenvalue weighted by molar-refractivity contribution is -0.143. The highest BCUT2D eigenvalue weighted by molar-refractivity contribution is 6.10. The van der Waals surface area contributed by atoms with Gasteiger partial charge in [0, 0.05) is 13.0 Å². The monoisotopic (exact) mass is 195 g/mol. The van der Waals surface area contributed by atoms with Crippen LogP contribution in [-0.4, -0.2) is 29.5 Å². The first-order valence-electron chi connectivity index (χ1n) is 4.80. The highest BCUT2D eigenvalue weighted by Crippen LogP contribution is 2.63. The summed E-state index contributed by atoms with van der Waals surface area (Å²) in [6.07, 6.45) is 0.979. The second-order valence-corrected chi connectivity index (χ2v) is 4.56. The summed E-state index contributed by atoms with van der Waals surface area (Å²) in [5, 5.41) is 0. The molecule has 0 spiro atoms. The number of aldehydes is 1. The SMILES string of the molecule is CC1(C)C2C(=O)N(CCC=O)C(=O)C21. The maximum atomic E-state index is 11.7. The van der Waals surface area contributed by atoms with Gasteiger partial charge in [0.05, 0.1) is 11.8 Å². The predicted molar refractivity (Wildman–Crippen MR) is 48.2 cm³/mol. The Morgan fingerprint density at radius 1 is 1.29 bits per heavy atom. The highest BCUT2D eigenvalue weighted by atomic mass is 16.2. The number of hydrogen-bond donors (Lipinski definition) is 0. The fourth-order valence-electron chi connectivity index (χ4n) is 2.41. The minimum absolute atomic E-state index is 0.0909. The first-order chi connectivity index (χ1) is 6.51. The van der Waals surface area contributed by atoms with Crippen molar-refractivity contribution in [2.24, 2.45) is 17.3 Å². The Hall–Kier alpha value is -1.19. The van der Waals surface area contributed by atoms with Gasteiger partial charge in [-0.2, -0.15) is 0 Å². The maximum Gasteiger partial charge on any atom is 0.233 e. The van der Waals surface area contributed by atoms with Crippen LogP contribution in [0, 0.1) is 17.3 Å². The number of carbonyl (C=O) groups is 3. The third-order valence-corrected chi connectivity index (χ3v) is 3.36. The lowest BCUT2D eigenvalue weighted by Gasteiger charge is -2.19. The standard InChI is InChI=1S/C10H13NO3/c1-10(2)6-7(10)9(14)11(8(6)13)4-3-5-12/h5-7H,3-4H2,1-2H3. The van der Waals surface area contributed by atoms with Gasteiger partial charge >= 0.3 is 0 Å². The topological polar surface area (TPSA) is 54.5 Å². The maximum absolute atomic E-state index is 11.7. The van der Waals surface area contributed by atoms with Crippen molar-refractivity contribution < 1.29 is 14.4 Å². The van der Waals surface area contributed by atoms with Crippen molar-refractivity contribution in [1.82, 2.24) is 4.90 Å². The summed E-state index contributed by atoms with van der Waals surface area (Å²) in [6.45, 7) is 4.13. The van der Waals surface area contributed by atoms with E-state index in [-0.39, 0.29) is 42.0 Å². The van der Waals surface area contributed by atoms with E-state index in [1.165, 1.54) is 4.90 Å². The van der Waals surface area contributed by atoms with Gasteiger partial charge in [0.2, 0.25) is 11.8 Å². The van der Waals surface area contributed by atoms with Crippen molar-refractivity contribution in [2.45, 2.75) is 20.3 Å². The molecule has 1 saturated heterocycles. The molecule has 2 unspecified atom stereocenters. The van der Waals surface area contributed by atoms with Crippen LogP contribution in [0.2, 0.25) is 0 Å². The summed E-state index contributed by atoms with van der Waals surface area (Å²) < 4.78 is 0. The summed E-state index contributed by atoms with van der Waals surface area (Å²) in [7, 11) is 0. The van der Waals surface area contributed by atoms with E-state index in [0.717, 1.165) is 6.29 Å². The molecule has 4 heteroatoms. The quantitative estimate of drug-likeness (QED) is 0.478. The van der Waals surface area contributed by atoms with Crippen molar-refractivity contribution in [3.8, 4) is 0 Å². The van der Waals surface area contributed by atoms with E-state index in [1.54, 1.807) is 0 Å². The van der Waals surface area contributed by atoms with E-state index in [2.05, 4.69) is 0 Å². The zero-order valence-electron chi connectivity index (χ0n) is 8.32. The Kier molecular flexibility index (Phi) is 1.77. The normalized spacial score (nSPS) is 33.1. The number of amides is 2. The van der Waals surface area contributed by atoms with Gasteiger partial charge < -0.3 is 4.79 Å². The zero-order valence-corrected chi connectivity index (χ0v) is 8.32. The van der Waals surface area contributed by atoms with E-state index < -0.39 is 0 Å². The van der Waals surface area contributed by atoms with Gasteiger partial charge in [-0.05, 0) is 5.41 Å². The summed E-state index contributed by atoms with van der Waals surface area (Å²) >= 11 is 0. The van der Waals surface area contributed by atoms with Crippen molar-refractivity contribution >= 4 is 18.1 Å². The molecule has 1 aliphatic carbocycles. The molecular weight excluding hydrogens is 182 g/mol. The average Bonchev–Trinajstić information content (AvgIpc) is 2.57. The molecule has 0 radical (unpaired) electrons. The van der Waals surface area contributed by atoms with E-state index in [0.29, 0.717) is 0 Å². The third-order valence-electron chi connectivity index (χ3n) is 3.36. The number of piperidine rings is 1. The van der Waals surface area contributed by atoms with Crippen molar-refractivity contribution in [2.75, 3.05) is 6.54 Å². The molecule has 0 aromatic carbocycles. The van der Waals surface area contributed by atoms with Gasteiger partial charge in [-0.3, -0.25) is 14.5 Å². The Bertz CT molecular complexity index is 297. The van der Waals surface area contributed by atoms with Crippen LogP contribution in [0.5, 0.6) is 0 Å². The molecule has 0 N–H and O–H groups in total. The predicted octanol–water partition coefficient (Wildman–Crippen LogP) is 0.216. The number of hydrogen-bond acceptors (Lipinski definition) is 3. The minimum Gasteiger partial charge on any atom is -0.303 e. The molecule has 0 bridgehead atoms. The molecule has 1 heterocycles. The fraction of sp³-hybridized carbons (Fsp3) is 0.700. The molecule has 76 valence electrons. The van der Waals surface area contributed by atoms with Gasteiger partial charge in [0.1, 0.15) is 6.29 Å². The molecule has 2 aliphatic rings. The molecule has 0 aromatic heterocycles. The molecular formula is C10H13NO3. The van der Waals surface area contributed by atoms with Crippen LogP contribution in [0.15, 0.2) is 0 Å². The molecule has 1 aliphatic heterocycles. The Morgan fingerprint density at radius 2 is 1.79 bits per heavy atom. The van der Waals surface area contributed by atoms with Gasteiger partial charge in [0.15, 0.2) is 0 Å². The van der Waals surface area contributed by atoms with Crippen LogP contribution in [0.1, 0.15) is 20.3 Å². The number of rotatable bonds is 3. The molecule has 2 rings (SSSR count). The van der Waals surface area contributed by atoms with Crippen LogP contribution in [0.4, 0.5) is 0 Å². The summed E-state index contributed by atoms with van der Waals surface area (Å²) in [5.41, 5.74) is -0.147. The van der Waals surface area contributed by atoms with Crippen molar-refractivity contribution in [3.63, 3.8) is 0 Å². The first kappa shape index (κ1) is 9.37. The Balaban J connectivity index is 2.10. The number of fused-ring (bicyclic) bond motifs is 1. The van der Waals surface area contributed by atoms with E-state index in [4.69, 9.17) is 0 Å². The molecule has 0 aromatic rings. The third kappa shape index (κ3) is 0.966. The number of nitrogens with zero attached hydrogens (tertiary/aromatic N) is 1. The van der Waals surface area contributed by atoms with Crippen LogP contribution >= 0.6 is 0 Å². The number of likely N-dealkylation sites (tertiary alicyclic amines) is 1. The smallest absolute Gasteiger partial charge is 0.233 e. The fourth-order valence-corrected chi connectivity index (χ4v) is 2.41. The average molecular weight is 195 g/mol. The minimum atomic E-state index is -0.147. The van der Waals surface area contributed by atoms with Gasteiger partial charge in [-0.1, -0.05) is 13.8 Å². The molecule has 2 fully saturated rings. The summed E-state index contributed by atoms with van der Waals surface area (Å²) in [6, 6.07) is 0. The molecule has 4 nitrogen and oxygen atoms in total. The van der Waals surface area contributed by atoms with Crippen LogP contribution < -0.4 is 0 Å². The second-order valence-electron chi connectivity index (χ2n) is 4.56. The van der Waals surface area contributed by atoms with E-state index in [9.17, 15) is 14.4 Å². The Labute approximate surface area is 82.3 Å². The molecule has 1 saturated carbocycles. The highest BCUT2D eigenvalue weighted by Gasteiger charge is 2.72. The van der Waals surface area contributed by atoms with Gasteiger partial charge in [-0.25, -0.2) is 0 Å². The molecule has 2 amide bonds. The summed E-state index contributed by atoms with van der Waals surface area (Å²) in [5.74, 6) is -0.429. The van der Waals surface area contributed by atoms with Crippen LogP contribution in [0.25, 0.3) is 0 Å². The van der Waals surface area contributed by atoms with Gasteiger partial charge in [0.25, 0.3) is 0 Å². The first-order valence-corrected chi connectivity index (χ1v) is 4.80.